The Morgan fingerprint density at radius 3 is 2.03 bits per heavy atom. The number of esters is 1. The molecule has 174 valence electrons. The number of hydrazone groups is 1. The Bertz CT molecular complexity index is 1240. The molecule has 0 saturated heterocycles. The number of nitrogens with one attached hydrogen (secondary N) is 2. The molecule has 0 bridgehead atoms. The topological polar surface area (TPSA) is 106 Å². The summed E-state index contributed by atoms with van der Waals surface area (Å²) in [4.78, 5) is 36.3. The molecule has 0 radical (unpaired) electrons. The monoisotopic (exact) mass is 499 g/mol. The number of nitrogens with zero attached hydrogens (tertiary/aromatic N) is 1. The lowest BCUT2D eigenvalue weighted by Gasteiger charge is -2.07. The molecular weight excluding hydrogens is 481 g/mol. The van der Waals surface area contributed by atoms with Crippen LogP contribution in [0.5, 0.6) is 11.5 Å². The molecule has 0 spiro atoms. The van der Waals surface area contributed by atoms with Gasteiger partial charge in [-0.25, -0.2) is 10.2 Å². The van der Waals surface area contributed by atoms with Crippen LogP contribution in [0.3, 0.4) is 0 Å². The van der Waals surface area contributed by atoms with Gasteiger partial charge in [0.05, 0.1) is 28.4 Å². The van der Waals surface area contributed by atoms with Crippen LogP contribution in [0.1, 0.15) is 22.8 Å². The predicted octanol–water partition coefficient (Wildman–Crippen LogP) is 4.70. The van der Waals surface area contributed by atoms with Crippen molar-refractivity contribution in [3.63, 3.8) is 0 Å². The predicted molar refractivity (Wildman–Crippen MR) is 130 cm³/mol. The van der Waals surface area contributed by atoms with Crippen LogP contribution in [0, 0.1) is 0 Å². The van der Waals surface area contributed by atoms with Crippen LogP contribution in [-0.2, 0) is 9.59 Å². The number of ether oxygens (including phenoxy) is 2. The first-order chi connectivity index (χ1) is 16.3. The fourth-order valence-corrected chi connectivity index (χ4v) is 2.97. The molecule has 0 heterocycles. The van der Waals surface area contributed by atoms with Crippen LogP contribution in [-0.4, -0.2) is 30.6 Å². The summed E-state index contributed by atoms with van der Waals surface area (Å²) in [7, 11) is 1.54. The smallest absolute Gasteiger partial charge is 0.343 e. The van der Waals surface area contributed by atoms with Crippen molar-refractivity contribution >= 4 is 52.4 Å². The van der Waals surface area contributed by atoms with Gasteiger partial charge in [-0.3, -0.25) is 9.59 Å². The molecule has 8 nitrogen and oxygen atoms in total. The highest BCUT2D eigenvalue weighted by molar-refractivity contribution is 6.43. The maximum absolute atomic E-state index is 12.3. The number of anilines is 1. The highest BCUT2D eigenvalue weighted by atomic mass is 35.5. The number of rotatable bonds is 6. The SMILES string of the molecule is COc1ccc(C(=O)Oc2ccc(C(C)=NNC(=O)C(=O)Nc3ccc(Cl)c(Cl)c3)cc2)cc1. The summed E-state index contributed by atoms with van der Waals surface area (Å²) in [6, 6.07) is 17.5. The van der Waals surface area contributed by atoms with E-state index in [4.69, 9.17) is 32.7 Å². The van der Waals surface area contributed by atoms with Gasteiger partial charge in [-0.2, -0.15) is 5.10 Å². The molecule has 0 aliphatic carbocycles. The fraction of sp³-hybridized carbons (Fsp3) is 0.0833. The maximum Gasteiger partial charge on any atom is 0.343 e. The van der Waals surface area contributed by atoms with Gasteiger partial charge in [-0.1, -0.05) is 23.2 Å². The van der Waals surface area contributed by atoms with Crippen molar-refractivity contribution in [3.05, 3.63) is 87.9 Å². The lowest BCUT2D eigenvalue weighted by molar-refractivity contribution is -0.136. The van der Waals surface area contributed by atoms with Gasteiger partial charge in [0.25, 0.3) is 0 Å². The Morgan fingerprint density at radius 2 is 1.41 bits per heavy atom. The van der Waals surface area contributed by atoms with Gasteiger partial charge in [0.1, 0.15) is 11.5 Å². The second-order valence-corrected chi connectivity index (χ2v) is 7.68. The normalized spacial score (nSPS) is 10.9. The third kappa shape index (κ3) is 6.57. The molecular formula is C24H19Cl2N3O5. The number of carbonyl (C=O) groups is 3. The standard InChI is InChI=1S/C24H19Cl2N3O5/c1-14(28-29-23(31)22(30)27-17-7-12-20(25)21(26)13-17)15-3-10-19(11-4-15)34-24(32)16-5-8-18(33-2)9-6-16/h3-13H,1-2H3,(H,27,30)(H,29,31). The fourth-order valence-electron chi connectivity index (χ4n) is 2.67. The zero-order valence-electron chi connectivity index (χ0n) is 18.1. The quantitative estimate of drug-likeness (QED) is 0.168. The van der Waals surface area contributed by atoms with Crippen LogP contribution in [0.2, 0.25) is 10.0 Å². The lowest BCUT2D eigenvalue weighted by atomic mass is 10.1. The van der Waals surface area contributed by atoms with E-state index in [1.807, 2.05) is 0 Å². The number of hydrogen-bond acceptors (Lipinski definition) is 6. The van der Waals surface area contributed by atoms with Crippen LogP contribution >= 0.6 is 23.2 Å². The van der Waals surface area contributed by atoms with E-state index in [0.717, 1.165) is 0 Å². The van der Waals surface area contributed by atoms with E-state index < -0.39 is 17.8 Å². The van der Waals surface area contributed by atoms with E-state index in [1.165, 1.54) is 25.3 Å². The number of hydrogen-bond donors (Lipinski definition) is 2. The van der Waals surface area contributed by atoms with E-state index in [2.05, 4.69) is 15.8 Å². The van der Waals surface area contributed by atoms with Gasteiger partial charge in [0.2, 0.25) is 0 Å². The van der Waals surface area contributed by atoms with E-state index >= 15 is 0 Å². The second-order valence-electron chi connectivity index (χ2n) is 6.86. The number of carbonyl (C=O) groups excluding carboxylic acids is 3. The van der Waals surface area contributed by atoms with E-state index in [9.17, 15) is 14.4 Å². The molecule has 0 unspecified atom stereocenters. The highest BCUT2D eigenvalue weighted by Gasteiger charge is 2.14. The molecule has 3 aromatic carbocycles. The Balaban J connectivity index is 1.56. The summed E-state index contributed by atoms with van der Waals surface area (Å²) in [6.07, 6.45) is 0. The molecule has 0 atom stereocenters. The van der Waals surface area contributed by atoms with Crippen molar-refractivity contribution in [1.29, 1.82) is 0 Å². The molecule has 0 aliphatic rings. The molecule has 34 heavy (non-hydrogen) atoms. The van der Waals surface area contributed by atoms with Crippen molar-refractivity contribution in [1.82, 2.24) is 5.43 Å². The van der Waals surface area contributed by atoms with Gasteiger partial charge in [-0.05, 0) is 79.2 Å². The minimum atomic E-state index is -0.963. The summed E-state index contributed by atoms with van der Waals surface area (Å²) < 4.78 is 10.4. The Kier molecular flexibility index (Phi) is 8.24. The Morgan fingerprint density at radius 1 is 0.794 bits per heavy atom. The number of methoxy groups -OCH3 is 1. The molecule has 2 amide bonds. The van der Waals surface area contributed by atoms with Crippen LogP contribution in [0.15, 0.2) is 71.8 Å². The molecule has 3 aromatic rings. The molecule has 0 saturated carbocycles. The van der Waals surface area contributed by atoms with Crippen molar-refractivity contribution in [2.75, 3.05) is 12.4 Å². The van der Waals surface area contributed by atoms with Crippen LogP contribution in [0.25, 0.3) is 0 Å². The minimum absolute atomic E-state index is 0.242. The first-order valence-electron chi connectivity index (χ1n) is 9.84. The van der Waals surface area contributed by atoms with E-state index in [1.54, 1.807) is 55.5 Å². The number of halogens is 2. The summed E-state index contributed by atoms with van der Waals surface area (Å²) in [6.45, 7) is 1.65. The third-order valence-electron chi connectivity index (χ3n) is 4.52. The molecule has 2 N–H and O–H groups in total. The summed E-state index contributed by atoms with van der Waals surface area (Å²) >= 11 is 11.7. The van der Waals surface area contributed by atoms with Crippen molar-refractivity contribution in [2.24, 2.45) is 5.10 Å². The van der Waals surface area contributed by atoms with Gasteiger partial charge in [0, 0.05) is 5.69 Å². The zero-order chi connectivity index (χ0) is 24.7. The van der Waals surface area contributed by atoms with Crippen molar-refractivity contribution in [2.45, 2.75) is 6.92 Å². The van der Waals surface area contributed by atoms with Gasteiger partial charge < -0.3 is 14.8 Å². The minimum Gasteiger partial charge on any atom is -0.497 e. The molecule has 3 rings (SSSR count). The largest absolute Gasteiger partial charge is 0.497 e. The van der Waals surface area contributed by atoms with E-state index in [0.29, 0.717) is 39.0 Å². The first kappa shape index (κ1) is 24.8. The Labute approximate surface area is 205 Å². The van der Waals surface area contributed by atoms with Crippen molar-refractivity contribution < 1.29 is 23.9 Å². The average molecular weight is 500 g/mol. The average Bonchev–Trinajstić information content (AvgIpc) is 2.85. The summed E-state index contributed by atoms with van der Waals surface area (Å²) in [5.74, 6) is -1.43. The lowest BCUT2D eigenvalue weighted by Crippen LogP contribution is -2.32. The first-order valence-corrected chi connectivity index (χ1v) is 10.6. The number of amides is 2. The van der Waals surface area contributed by atoms with Gasteiger partial charge in [-0.15, -0.1) is 0 Å². The van der Waals surface area contributed by atoms with Crippen LogP contribution in [0.4, 0.5) is 5.69 Å². The molecule has 0 aliphatic heterocycles. The maximum atomic E-state index is 12.3. The van der Waals surface area contributed by atoms with Crippen LogP contribution < -0.4 is 20.2 Å². The highest BCUT2D eigenvalue weighted by Crippen LogP contribution is 2.25. The zero-order valence-corrected chi connectivity index (χ0v) is 19.6. The van der Waals surface area contributed by atoms with Gasteiger partial charge in [0.15, 0.2) is 0 Å². The molecule has 10 heteroatoms. The van der Waals surface area contributed by atoms with Gasteiger partial charge >= 0.3 is 17.8 Å². The van der Waals surface area contributed by atoms with E-state index in [-0.39, 0.29) is 5.02 Å². The summed E-state index contributed by atoms with van der Waals surface area (Å²) in [5, 5.41) is 6.90. The second kappa shape index (κ2) is 11.3. The third-order valence-corrected chi connectivity index (χ3v) is 5.26. The van der Waals surface area contributed by atoms with Crippen molar-refractivity contribution in [3.8, 4) is 11.5 Å². The number of benzene rings is 3. The molecule has 0 aromatic heterocycles. The molecule has 0 fully saturated rings. The summed E-state index contributed by atoms with van der Waals surface area (Å²) in [5.41, 5.74) is 3.96. The Hall–Kier alpha value is -3.88.